The number of rotatable bonds is 2. The van der Waals surface area contributed by atoms with E-state index in [0.717, 1.165) is 18.9 Å². The Morgan fingerprint density at radius 2 is 2.20 bits per heavy atom. The van der Waals surface area contributed by atoms with Crippen molar-refractivity contribution < 1.29 is 14.0 Å². The first-order valence-electron chi connectivity index (χ1n) is 6.62. The molecule has 6 heteroatoms. The Morgan fingerprint density at radius 1 is 1.45 bits per heavy atom. The molecule has 5 nitrogen and oxygen atoms in total. The van der Waals surface area contributed by atoms with Crippen LogP contribution in [-0.2, 0) is 0 Å². The molecule has 1 heterocycles. The summed E-state index contributed by atoms with van der Waals surface area (Å²) in [7, 11) is 0. The second kappa shape index (κ2) is 5.90. The van der Waals surface area contributed by atoms with Crippen molar-refractivity contribution in [3.8, 4) is 0 Å². The van der Waals surface area contributed by atoms with E-state index in [2.05, 4.69) is 12.2 Å². The summed E-state index contributed by atoms with van der Waals surface area (Å²) in [6, 6.07) is 3.54. The SMILES string of the molecule is CC1CCCN(C(=O)Nc2ccc(F)c(C(N)=O)c2)C1. The minimum absolute atomic E-state index is 0.227. The first-order valence-corrected chi connectivity index (χ1v) is 6.62. The van der Waals surface area contributed by atoms with Gasteiger partial charge in [-0.1, -0.05) is 6.92 Å². The maximum absolute atomic E-state index is 13.3. The Morgan fingerprint density at radius 3 is 2.85 bits per heavy atom. The predicted molar refractivity (Wildman–Crippen MR) is 73.9 cm³/mol. The maximum Gasteiger partial charge on any atom is 0.321 e. The van der Waals surface area contributed by atoms with Crippen LogP contribution in [0.1, 0.15) is 30.1 Å². The van der Waals surface area contributed by atoms with E-state index in [4.69, 9.17) is 5.73 Å². The van der Waals surface area contributed by atoms with Crippen molar-refractivity contribution in [3.63, 3.8) is 0 Å². The Bertz CT molecular complexity index is 533. The highest BCUT2D eigenvalue weighted by Crippen LogP contribution is 2.18. The highest BCUT2D eigenvalue weighted by atomic mass is 19.1. The lowest BCUT2D eigenvalue weighted by Gasteiger charge is -2.30. The lowest BCUT2D eigenvalue weighted by Crippen LogP contribution is -2.41. The van der Waals surface area contributed by atoms with E-state index in [0.29, 0.717) is 24.7 Å². The molecular weight excluding hydrogens is 261 g/mol. The molecule has 1 aromatic rings. The van der Waals surface area contributed by atoms with Gasteiger partial charge in [0.1, 0.15) is 5.82 Å². The maximum atomic E-state index is 13.3. The number of likely N-dealkylation sites (tertiary alicyclic amines) is 1. The van der Waals surface area contributed by atoms with Crippen molar-refractivity contribution in [1.29, 1.82) is 0 Å². The number of hydrogen-bond donors (Lipinski definition) is 2. The Kier molecular flexibility index (Phi) is 4.22. The highest BCUT2D eigenvalue weighted by Gasteiger charge is 2.21. The van der Waals surface area contributed by atoms with Crippen LogP contribution in [0.4, 0.5) is 14.9 Å². The molecule has 20 heavy (non-hydrogen) atoms. The number of nitrogens with one attached hydrogen (secondary N) is 1. The number of nitrogens with zero attached hydrogens (tertiary/aromatic N) is 1. The summed E-state index contributed by atoms with van der Waals surface area (Å²) >= 11 is 0. The van der Waals surface area contributed by atoms with Crippen molar-refractivity contribution >= 4 is 17.6 Å². The molecule has 0 radical (unpaired) electrons. The molecule has 108 valence electrons. The molecule has 0 saturated carbocycles. The van der Waals surface area contributed by atoms with Crippen LogP contribution < -0.4 is 11.1 Å². The summed E-state index contributed by atoms with van der Waals surface area (Å²) in [5.74, 6) is -1.07. The largest absolute Gasteiger partial charge is 0.366 e. The van der Waals surface area contributed by atoms with E-state index < -0.39 is 11.7 Å². The zero-order valence-electron chi connectivity index (χ0n) is 11.4. The number of amides is 3. The summed E-state index contributed by atoms with van der Waals surface area (Å²) < 4.78 is 13.3. The van der Waals surface area contributed by atoms with Crippen LogP contribution >= 0.6 is 0 Å². The molecule has 1 atom stereocenters. The number of anilines is 1. The first-order chi connectivity index (χ1) is 9.47. The molecule has 0 bridgehead atoms. The number of hydrogen-bond acceptors (Lipinski definition) is 2. The molecule has 1 fully saturated rings. The van der Waals surface area contributed by atoms with E-state index in [1.165, 1.54) is 12.1 Å². The number of piperidine rings is 1. The molecule has 0 aliphatic carbocycles. The number of halogens is 1. The fourth-order valence-electron chi connectivity index (χ4n) is 2.37. The number of carbonyl (C=O) groups excluding carboxylic acids is 2. The van der Waals surface area contributed by atoms with Gasteiger partial charge in [0, 0.05) is 18.8 Å². The highest BCUT2D eigenvalue weighted by molar-refractivity contribution is 5.96. The molecule has 1 saturated heterocycles. The second-order valence-electron chi connectivity index (χ2n) is 5.18. The molecule has 1 aromatic carbocycles. The fourth-order valence-corrected chi connectivity index (χ4v) is 2.37. The summed E-state index contributed by atoms with van der Waals surface area (Å²) in [5.41, 5.74) is 5.21. The van der Waals surface area contributed by atoms with Crippen LogP contribution in [0.3, 0.4) is 0 Å². The fraction of sp³-hybridized carbons (Fsp3) is 0.429. The average Bonchev–Trinajstić information content (AvgIpc) is 2.40. The first kappa shape index (κ1) is 14.3. The van der Waals surface area contributed by atoms with Gasteiger partial charge >= 0.3 is 6.03 Å². The van der Waals surface area contributed by atoms with Gasteiger partial charge in [0.2, 0.25) is 0 Å². The normalized spacial score (nSPS) is 18.7. The minimum atomic E-state index is -0.856. The van der Waals surface area contributed by atoms with Crippen LogP contribution in [0.5, 0.6) is 0 Å². The monoisotopic (exact) mass is 279 g/mol. The van der Waals surface area contributed by atoms with Gasteiger partial charge in [-0.2, -0.15) is 0 Å². The summed E-state index contributed by atoms with van der Waals surface area (Å²) in [6.45, 7) is 3.51. The van der Waals surface area contributed by atoms with Gasteiger partial charge in [-0.3, -0.25) is 4.79 Å². The van der Waals surface area contributed by atoms with Gasteiger partial charge in [0.25, 0.3) is 5.91 Å². The third-order valence-corrected chi connectivity index (χ3v) is 3.43. The van der Waals surface area contributed by atoms with Crippen molar-refractivity contribution in [1.82, 2.24) is 4.90 Å². The number of benzene rings is 1. The third kappa shape index (κ3) is 3.26. The molecule has 1 unspecified atom stereocenters. The predicted octanol–water partition coefficient (Wildman–Crippen LogP) is 2.19. The van der Waals surface area contributed by atoms with Gasteiger partial charge in [0.15, 0.2) is 0 Å². The summed E-state index contributed by atoms with van der Waals surface area (Å²) in [4.78, 5) is 24.9. The molecule has 0 aromatic heterocycles. The molecule has 2 rings (SSSR count). The summed E-state index contributed by atoms with van der Waals surface area (Å²) in [6.07, 6.45) is 2.09. The van der Waals surface area contributed by atoms with Gasteiger partial charge in [-0.25, -0.2) is 9.18 Å². The summed E-state index contributed by atoms with van der Waals surface area (Å²) in [5, 5.41) is 2.67. The molecule has 1 aliphatic rings. The van der Waals surface area contributed by atoms with Crippen LogP contribution in [0, 0.1) is 11.7 Å². The van der Waals surface area contributed by atoms with Crippen molar-refractivity contribution in [2.75, 3.05) is 18.4 Å². The zero-order valence-corrected chi connectivity index (χ0v) is 11.4. The standard InChI is InChI=1S/C14H18FN3O2/c1-9-3-2-6-18(8-9)14(20)17-10-4-5-12(15)11(7-10)13(16)19/h4-5,7,9H,2-3,6,8H2,1H3,(H2,16,19)(H,17,20). The Labute approximate surface area is 116 Å². The van der Waals surface area contributed by atoms with Gasteiger partial charge in [0.05, 0.1) is 5.56 Å². The van der Waals surface area contributed by atoms with Crippen molar-refractivity contribution in [2.45, 2.75) is 19.8 Å². The van der Waals surface area contributed by atoms with E-state index in [-0.39, 0.29) is 11.6 Å². The second-order valence-corrected chi connectivity index (χ2v) is 5.18. The third-order valence-electron chi connectivity index (χ3n) is 3.43. The topological polar surface area (TPSA) is 75.4 Å². The van der Waals surface area contributed by atoms with Gasteiger partial charge in [-0.05, 0) is 37.0 Å². The number of nitrogens with two attached hydrogens (primary N) is 1. The molecule has 3 N–H and O–H groups in total. The van der Waals surface area contributed by atoms with Crippen molar-refractivity contribution in [3.05, 3.63) is 29.6 Å². The van der Waals surface area contributed by atoms with E-state index in [9.17, 15) is 14.0 Å². The smallest absolute Gasteiger partial charge is 0.321 e. The minimum Gasteiger partial charge on any atom is -0.366 e. The lowest BCUT2D eigenvalue weighted by molar-refractivity contribution is 0.0996. The number of primary amides is 1. The molecule has 0 spiro atoms. The van der Waals surface area contributed by atoms with Crippen LogP contribution in [-0.4, -0.2) is 29.9 Å². The van der Waals surface area contributed by atoms with Crippen LogP contribution in [0.15, 0.2) is 18.2 Å². The number of urea groups is 1. The van der Waals surface area contributed by atoms with Gasteiger partial charge < -0.3 is 16.0 Å². The number of carbonyl (C=O) groups is 2. The molecular formula is C14H18FN3O2. The van der Waals surface area contributed by atoms with Crippen molar-refractivity contribution in [2.24, 2.45) is 11.7 Å². The van der Waals surface area contributed by atoms with E-state index in [1.54, 1.807) is 4.90 Å². The molecule has 3 amide bonds. The van der Waals surface area contributed by atoms with E-state index >= 15 is 0 Å². The lowest BCUT2D eigenvalue weighted by atomic mass is 10.0. The van der Waals surface area contributed by atoms with E-state index in [1.807, 2.05) is 0 Å². The Hall–Kier alpha value is -2.11. The average molecular weight is 279 g/mol. The van der Waals surface area contributed by atoms with Gasteiger partial charge in [-0.15, -0.1) is 0 Å². The molecule has 1 aliphatic heterocycles. The Balaban J connectivity index is 2.07. The zero-order chi connectivity index (χ0) is 14.7. The quantitative estimate of drug-likeness (QED) is 0.870. The van der Waals surface area contributed by atoms with Crippen LogP contribution in [0.25, 0.3) is 0 Å². The van der Waals surface area contributed by atoms with Crippen LogP contribution in [0.2, 0.25) is 0 Å².